The van der Waals surface area contributed by atoms with Crippen molar-refractivity contribution in [2.45, 2.75) is 50.0 Å². The fourth-order valence-electron chi connectivity index (χ4n) is 5.58. The molecule has 2 nitrogen and oxygen atoms in total. The first-order chi connectivity index (χ1) is 10.8. The molecule has 0 N–H and O–H groups in total. The fraction of sp³-hybridized carbons (Fsp3) is 0.600. The van der Waals surface area contributed by atoms with Crippen molar-refractivity contribution >= 4 is 17.0 Å². The van der Waals surface area contributed by atoms with Gasteiger partial charge in [-0.25, -0.2) is 0 Å². The normalized spacial score (nSPS) is 32.2. The highest BCUT2D eigenvalue weighted by Gasteiger charge is 2.53. The van der Waals surface area contributed by atoms with Gasteiger partial charge in [-0.1, -0.05) is 25.0 Å². The Labute approximate surface area is 150 Å². The standard InChI is InChI=1S/C20H27NO.BrH/c1-3-11-21-12-10-20-9-5-4-6-17(20)19(21)13-15-7-8-16(22-2)14-18(15)20;/h3,7-8,14,17,19H,1,4-6,9-13H2,2H3;1H/t17-,19+,20+;/m0./s1. The summed E-state index contributed by atoms with van der Waals surface area (Å²) in [4.78, 5) is 2.69. The number of ether oxygens (including phenoxy) is 1. The number of nitrogens with zero attached hydrogens (tertiary/aromatic N) is 1. The zero-order valence-electron chi connectivity index (χ0n) is 14.1. The summed E-state index contributed by atoms with van der Waals surface area (Å²) in [6, 6.07) is 7.54. The van der Waals surface area contributed by atoms with Gasteiger partial charge in [0.05, 0.1) is 7.11 Å². The molecule has 1 aliphatic heterocycles. The maximum atomic E-state index is 5.53. The van der Waals surface area contributed by atoms with Crippen LogP contribution in [0.15, 0.2) is 30.9 Å². The molecule has 126 valence electrons. The monoisotopic (exact) mass is 377 g/mol. The second-order valence-electron chi connectivity index (χ2n) is 7.34. The largest absolute Gasteiger partial charge is 0.497 e. The van der Waals surface area contributed by atoms with E-state index in [1.165, 1.54) is 45.1 Å². The van der Waals surface area contributed by atoms with Crippen molar-refractivity contribution in [1.29, 1.82) is 0 Å². The molecule has 0 radical (unpaired) electrons. The number of methoxy groups -OCH3 is 1. The molecule has 2 bridgehead atoms. The van der Waals surface area contributed by atoms with Gasteiger partial charge in [0.1, 0.15) is 5.75 Å². The van der Waals surface area contributed by atoms with Gasteiger partial charge in [0.15, 0.2) is 0 Å². The minimum atomic E-state index is 0. The van der Waals surface area contributed by atoms with E-state index in [-0.39, 0.29) is 17.0 Å². The highest BCUT2D eigenvalue weighted by atomic mass is 79.9. The lowest BCUT2D eigenvalue weighted by atomic mass is 9.52. The number of rotatable bonds is 3. The average Bonchev–Trinajstić information content (AvgIpc) is 2.57. The molecule has 23 heavy (non-hydrogen) atoms. The van der Waals surface area contributed by atoms with E-state index >= 15 is 0 Å². The number of piperidine rings is 1. The molecule has 2 aliphatic carbocycles. The summed E-state index contributed by atoms with van der Waals surface area (Å²) >= 11 is 0. The molecule has 2 fully saturated rings. The Morgan fingerprint density at radius 3 is 3.00 bits per heavy atom. The molecular formula is C20H28BrNO. The minimum absolute atomic E-state index is 0. The molecule has 1 aromatic rings. The van der Waals surface area contributed by atoms with Crippen LogP contribution >= 0.6 is 17.0 Å². The van der Waals surface area contributed by atoms with Gasteiger partial charge in [0, 0.05) is 18.0 Å². The van der Waals surface area contributed by atoms with Crippen LogP contribution in [-0.2, 0) is 11.8 Å². The molecule has 1 aromatic carbocycles. The van der Waals surface area contributed by atoms with Crippen molar-refractivity contribution in [3.63, 3.8) is 0 Å². The predicted octanol–water partition coefficient (Wildman–Crippen LogP) is 4.52. The van der Waals surface area contributed by atoms with E-state index in [9.17, 15) is 0 Å². The lowest BCUT2D eigenvalue weighted by molar-refractivity contribution is -0.00517. The van der Waals surface area contributed by atoms with Crippen LogP contribution in [0.5, 0.6) is 5.75 Å². The van der Waals surface area contributed by atoms with Crippen LogP contribution in [0, 0.1) is 5.92 Å². The molecule has 4 rings (SSSR count). The first kappa shape index (κ1) is 17.0. The zero-order valence-corrected chi connectivity index (χ0v) is 15.8. The SMILES string of the molecule is Br.C=CCN1CC[C@]23CCCC[C@H]2[C@H]1Cc1ccc(OC)cc13. The lowest BCUT2D eigenvalue weighted by Gasteiger charge is -2.59. The van der Waals surface area contributed by atoms with E-state index in [0.717, 1.165) is 18.2 Å². The van der Waals surface area contributed by atoms with Crippen molar-refractivity contribution in [2.24, 2.45) is 5.92 Å². The number of hydrogen-bond acceptors (Lipinski definition) is 2. The number of hydrogen-bond donors (Lipinski definition) is 0. The van der Waals surface area contributed by atoms with Crippen LogP contribution in [0.3, 0.4) is 0 Å². The van der Waals surface area contributed by atoms with Crippen LogP contribution in [0.4, 0.5) is 0 Å². The van der Waals surface area contributed by atoms with Crippen molar-refractivity contribution in [2.75, 3.05) is 20.2 Å². The molecule has 0 aromatic heterocycles. The third-order valence-corrected chi connectivity index (χ3v) is 6.52. The molecule has 1 heterocycles. The fourth-order valence-corrected chi connectivity index (χ4v) is 5.58. The quantitative estimate of drug-likeness (QED) is 0.718. The Balaban J connectivity index is 0.00000156. The van der Waals surface area contributed by atoms with E-state index in [4.69, 9.17) is 4.74 Å². The van der Waals surface area contributed by atoms with E-state index in [2.05, 4.69) is 35.8 Å². The van der Waals surface area contributed by atoms with Crippen LogP contribution in [0.25, 0.3) is 0 Å². The summed E-state index contributed by atoms with van der Waals surface area (Å²) in [6.45, 7) is 6.24. The molecule has 1 saturated heterocycles. The van der Waals surface area contributed by atoms with Crippen LogP contribution < -0.4 is 4.74 Å². The van der Waals surface area contributed by atoms with E-state index < -0.39 is 0 Å². The summed E-state index contributed by atoms with van der Waals surface area (Å²) in [7, 11) is 1.79. The number of halogens is 1. The average molecular weight is 378 g/mol. The summed E-state index contributed by atoms with van der Waals surface area (Å²) in [6.07, 6.45) is 10.2. The van der Waals surface area contributed by atoms with Crippen LogP contribution in [0.1, 0.15) is 43.2 Å². The first-order valence-electron chi connectivity index (χ1n) is 8.81. The molecule has 0 spiro atoms. The van der Waals surface area contributed by atoms with Crippen LogP contribution in [0.2, 0.25) is 0 Å². The molecule has 0 unspecified atom stereocenters. The van der Waals surface area contributed by atoms with Gasteiger partial charge in [-0.05, 0) is 61.4 Å². The third kappa shape index (κ3) is 2.56. The van der Waals surface area contributed by atoms with Gasteiger partial charge in [0.25, 0.3) is 0 Å². The second kappa shape index (κ2) is 6.60. The predicted molar refractivity (Wildman–Crippen MR) is 101 cm³/mol. The third-order valence-electron chi connectivity index (χ3n) is 6.52. The van der Waals surface area contributed by atoms with Crippen molar-refractivity contribution in [3.8, 4) is 5.75 Å². The Kier molecular flexibility index (Phi) is 4.89. The summed E-state index contributed by atoms with van der Waals surface area (Å²) in [5.74, 6) is 1.86. The van der Waals surface area contributed by atoms with Crippen molar-refractivity contribution < 1.29 is 4.74 Å². The minimum Gasteiger partial charge on any atom is -0.497 e. The number of likely N-dealkylation sites (tertiary alicyclic amines) is 1. The Morgan fingerprint density at radius 2 is 2.22 bits per heavy atom. The van der Waals surface area contributed by atoms with E-state index in [1.807, 2.05) is 0 Å². The molecule has 3 heteroatoms. The topological polar surface area (TPSA) is 12.5 Å². The highest BCUT2D eigenvalue weighted by molar-refractivity contribution is 8.93. The maximum Gasteiger partial charge on any atom is 0.119 e. The Hall–Kier alpha value is -0.800. The smallest absolute Gasteiger partial charge is 0.119 e. The van der Waals surface area contributed by atoms with Crippen molar-refractivity contribution in [1.82, 2.24) is 4.90 Å². The van der Waals surface area contributed by atoms with Crippen LogP contribution in [-0.4, -0.2) is 31.1 Å². The number of benzene rings is 1. The summed E-state index contributed by atoms with van der Waals surface area (Å²) in [5, 5.41) is 0. The second-order valence-corrected chi connectivity index (χ2v) is 7.34. The van der Waals surface area contributed by atoms with Gasteiger partial charge in [-0.15, -0.1) is 23.6 Å². The lowest BCUT2D eigenvalue weighted by Crippen LogP contribution is -2.60. The molecule has 3 aliphatic rings. The van der Waals surface area contributed by atoms with Crippen molar-refractivity contribution in [3.05, 3.63) is 42.0 Å². The van der Waals surface area contributed by atoms with Gasteiger partial charge in [-0.2, -0.15) is 0 Å². The summed E-state index contributed by atoms with van der Waals surface area (Å²) < 4.78 is 5.53. The zero-order chi connectivity index (χ0) is 15.2. The molecule has 0 amide bonds. The van der Waals surface area contributed by atoms with Gasteiger partial charge in [0.2, 0.25) is 0 Å². The highest BCUT2D eigenvalue weighted by Crippen LogP contribution is 2.56. The molecular weight excluding hydrogens is 350 g/mol. The van der Waals surface area contributed by atoms with Gasteiger partial charge < -0.3 is 4.74 Å². The maximum absolute atomic E-state index is 5.53. The molecule has 3 atom stereocenters. The van der Waals surface area contributed by atoms with Gasteiger partial charge in [-0.3, -0.25) is 4.90 Å². The van der Waals surface area contributed by atoms with E-state index in [0.29, 0.717) is 11.5 Å². The molecule has 1 saturated carbocycles. The number of fused-ring (bicyclic) bond motifs is 1. The van der Waals surface area contributed by atoms with E-state index in [1.54, 1.807) is 18.2 Å². The van der Waals surface area contributed by atoms with Gasteiger partial charge >= 0.3 is 0 Å². The Bertz CT molecular complexity index is 587. The Morgan fingerprint density at radius 1 is 1.35 bits per heavy atom. The first-order valence-corrected chi connectivity index (χ1v) is 8.81. The summed E-state index contributed by atoms with van der Waals surface area (Å²) in [5.41, 5.74) is 3.60.